The van der Waals surface area contributed by atoms with Crippen LogP contribution < -0.4 is 10.6 Å². The van der Waals surface area contributed by atoms with Crippen LogP contribution in [0.4, 0.5) is 0 Å². The molecule has 1 fully saturated rings. The van der Waals surface area contributed by atoms with Gasteiger partial charge in [0.1, 0.15) is 5.82 Å². The number of likely N-dealkylation sites (tertiary alicyclic amines) is 1. The van der Waals surface area contributed by atoms with Gasteiger partial charge in [0.2, 0.25) is 0 Å². The number of guanidine groups is 1. The average molecular weight is 475 g/mol. The summed E-state index contributed by atoms with van der Waals surface area (Å²) in [6.45, 7) is 7.44. The molecular weight excluding hydrogens is 441 g/mol. The summed E-state index contributed by atoms with van der Waals surface area (Å²) < 4.78 is 2.25. The Hall–Kier alpha value is -0.900. The molecule has 26 heavy (non-hydrogen) atoms. The maximum Gasteiger partial charge on any atom is 0.191 e. The fourth-order valence-electron chi connectivity index (χ4n) is 3.86. The summed E-state index contributed by atoms with van der Waals surface area (Å²) in [5.74, 6) is 2.99. The molecule has 0 radical (unpaired) electrons. The minimum absolute atomic E-state index is 0. The minimum Gasteiger partial charge on any atom is -0.356 e. The molecule has 2 aliphatic heterocycles. The number of halogens is 1. The molecule has 1 aromatic rings. The highest BCUT2D eigenvalue weighted by Gasteiger charge is 2.17. The second-order valence-electron chi connectivity index (χ2n) is 7.23. The summed E-state index contributed by atoms with van der Waals surface area (Å²) in [5, 5.41) is 15.4. The predicted octanol–water partition coefficient (Wildman–Crippen LogP) is 2.16. The Balaban J connectivity index is 0.00000243. The SMILES string of the molecule is CN=C(NCCCN1CCCCC1C)NCc1nnc2n1CCCC2.I. The summed E-state index contributed by atoms with van der Waals surface area (Å²) >= 11 is 0. The number of nitrogens with one attached hydrogen (secondary N) is 2. The Bertz CT molecular complexity index is 572. The Morgan fingerprint density at radius 3 is 2.81 bits per heavy atom. The highest BCUT2D eigenvalue weighted by molar-refractivity contribution is 14.0. The minimum atomic E-state index is 0. The van der Waals surface area contributed by atoms with Gasteiger partial charge >= 0.3 is 0 Å². The molecule has 148 valence electrons. The Morgan fingerprint density at radius 2 is 2.00 bits per heavy atom. The number of nitrogens with zero attached hydrogens (tertiary/aromatic N) is 5. The van der Waals surface area contributed by atoms with E-state index in [0.717, 1.165) is 49.6 Å². The number of hydrogen-bond acceptors (Lipinski definition) is 4. The second kappa shape index (κ2) is 11.1. The Labute approximate surface area is 174 Å². The van der Waals surface area contributed by atoms with Crippen molar-refractivity contribution < 1.29 is 0 Å². The normalized spacial score (nSPS) is 21.0. The van der Waals surface area contributed by atoms with Gasteiger partial charge in [0.25, 0.3) is 0 Å². The van der Waals surface area contributed by atoms with Crippen molar-refractivity contribution in [3.8, 4) is 0 Å². The number of fused-ring (bicyclic) bond motifs is 1. The van der Waals surface area contributed by atoms with E-state index in [1.807, 2.05) is 7.05 Å². The van der Waals surface area contributed by atoms with E-state index in [1.165, 1.54) is 45.2 Å². The number of rotatable bonds is 6. The summed E-state index contributed by atoms with van der Waals surface area (Å²) in [6.07, 6.45) is 8.73. The predicted molar refractivity (Wildman–Crippen MR) is 116 cm³/mol. The monoisotopic (exact) mass is 475 g/mol. The summed E-state index contributed by atoms with van der Waals surface area (Å²) in [5.41, 5.74) is 0. The van der Waals surface area contributed by atoms with Crippen LogP contribution in [0, 0.1) is 0 Å². The number of aromatic nitrogens is 3. The molecule has 8 heteroatoms. The van der Waals surface area contributed by atoms with Crippen molar-refractivity contribution in [3.05, 3.63) is 11.6 Å². The van der Waals surface area contributed by atoms with E-state index in [0.29, 0.717) is 6.54 Å². The lowest BCUT2D eigenvalue weighted by Crippen LogP contribution is -2.41. The molecule has 0 bridgehead atoms. The first kappa shape index (κ1) is 21.4. The van der Waals surface area contributed by atoms with E-state index in [-0.39, 0.29) is 24.0 Å². The van der Waals surface area contributed by atoms with Crippen LogP contribution in [-0.4, -0.2) is 58.3 Å². The zero-order valence-corrected chi connectivity index (χ0v) is 18.5. The van der Waals surface area contributed by atoms with Gasteiger partial charge in [0, 0.05) is 39.1 Å². The van der Waals surface area contributed by atoms with Gasteiger partial charge in [-0.05, 0) is 45.6 Å². The van der Waals surface area contributed by atoms with E-state index in [9.17, 15) is 0 Å². The lowest BCUT2D eigenvalue weighted by Gasteiger charge is -2.33. The molecule has 1 unspecified atom stereocenters. The molecule has 0 spiro atoms. The van der Waals surface area contributed by atoms with Crippen LogP contribution in [0.5, 0.6) is 0 Å². The highest BCUT2D eigenvalue weighted by Crippen LogP contribution is 2.16. The van der Waals surface area contributed by atoms with E-state index in [2.05, 4.69) is 42.2 Å². The van der Waals surface area contributed by atoms with Gasteiger partial charge in [-0.25, -0.2) is 0 Å². The molecule has 7 nitrogen and oxygen atoms in total. The van der Waals surface area contributed by atoms with E-state index < -0.39 is 0 Å². The smallest absolute Gasteiger partial charge is 0.191 e. The van der Waals surface area contributed by atoms with Crippen LogP contribution in [-0.2, 0) is 19.5 Å². The summed E-state index contributed by atoms with van der Waals surface area (Å²) in [4.78, 5) is 6.94. The lowest BCUT2D eigenvalue weighted by atomic mass is 10.0. The first-order chi connectivity index (χ1) is 12.3. The molecule has 1 aromatic heterocycles. The van der Waals surface area contributed by atoms with Gasteiger partial charge in [-0.1, -0.05) is 6.42 Å². The third-order valence-electron chi connectivity index (χ3n) is 5.43. The molecule has 0 aromatic carbocycles. The molecule has 2 aliphatic rings. The largest absolute Gasteiger partial charge is 0.356 e. The van der Waals surface area contributed by atoms with Crippen LogP contribution in [0.2, 0.25) is 0 Å². The topological polar surface area (TPSA) is 70.4 Å². The molecule has 0 amide bonds. The molecule has 3 rings (SSSR count). The molecule has 0 saturated carbocycles. The third-order valence-corrected chi connectivity index (χ3v) is 5.43. The molecule has 0 aliphatic carbocycles. The number of aliphatic imine (C=N–C) groups is 1. The van der Waals surface area contributed by atoms with Crippen LogP contribution >= 0.6 is 24.0 Å². The van der Waals surface area contributed by atoms with Crippen LogP contribution in [0.15, 0.2) is 4.99 Å². The number of piperidine rings is 1. The zero-order valence-electron chi connectivity index (χ0n) is 16.2. The Kier molecular flexibility index (Phi) is 9.10. The molecular formula is C18H34IN7. The quantitative estimate of drug-likeness (QED) is 0.286. The molecule has 1 atom stereocenters. The van der Waals surface area contributed by atoms with Crippen molar-refractivity contribution in [1.82, 2.24) is 30.3 Å². The fourth-order valence-corrected chi connectivity index (χ4v) is 3.86. The highest BCUT2D eigenvalue weighted by atomic mass is 127. The standard InChI is InChI=1S/C18H33N7.HI/c1-15-8-3-5-11-24(15)12-7-10-20-18(19-2)21-14-17-23-22-16-9-4-6-13-25(16)17;/h15H,3-14H2,1-2H3,(H2,19,20,21);1H. The summed E-state index contributed by atoms with van der Waals surface area (Å²) in [6, 6.07) is 0.741. The average Bonchev–Trinajstić information content (AvgIpc) is 3.06. The Morgan fingerprint density at radius 1 is 1.15 bits per heavy atom. The second-order valence-corrected chi connectivity index (χ2v) is 7.23. The number of aryl methyl sites for hydroxylation is 1. The van der Waals surface area contributed by atoms with Crippen molar-refractivity contribution in [1.29, 1.82) is 0 Å². The van der Waals surface area contributed by atoms with Gasteiger partial charge in [-0.2, -0.15) is 0 Å². The molecule has 2 N–H and O–H groups in total. The number of hydrogen-bond donors (Lipinski definition) is 2. The first-order valence-electron chi connectivity index (χ1n) is 9.87. The van der Waals surface area contributed by atoms with Crippen molar-refractivity contribution in [3.63, 3.8) is 0 Å². The molecule has 1 saturated heterocycles. The fraction of sp³-hybridized carbons (Fsp3) is 0.833. The van der Waals surface area contributed by atoms with Crippen molar-refractivity contribution in [2.45, 2.75) is 71.0 Å². The van der Waals surface area contributed by atoms with Crippen molar-refractivity contribution in [2.75, 3.05) is 26.7 Å². The van der Waals surface area contributed by atoms with Crippen LogP contribution in [0.3, 0.4) is 0 Å². The van der Waals surface area contributed by atoms with Crippen LogP contribution in [0.1, 0.15) is 57.1 Å². The first-order valence-corrected chi connectivity index (χ1v) is 9.87. The van der Waals surface area contributed by atoms with E-state index >= 15 is 0 Å². The molecule has 3 heterocycles. The van der Waals surface area contributed by atoms with Crippen LogP contribution in [0.25, 0.3) is 0 Å². The maximum atomic E-state index is 4.33. The lowest BCUT2D eigenvalue weighted by molar-refractivity contribution is 0.159. The van der Waals surface area contributed by atoms with E-state index in [4.69, 9.17) is 0 Å². The van der Waals surface area contributed by atoms with E-state index in [1.54, 1.807) is 0 Å². The maximum absolute atomic E-state index is 4.33. The third kappa shape index (κ3) is 5.80. The van der Waals surface area contributed by atoms with Gasteiger partial charge in [-0.3, -0.25) is 4.99 Å². The summed E-state index contributed by atoms with van der Waals surface area (Å²) in [7, 11) is 1.82. The zero-order chi connectivity index (χ0) is 17.5. The van der Waals surface area contributed by atoms with Gasteiger partial charge in [-0.15, -0.1) is 34.2 Å². The van der Waals surface area contributed by atoms with Crippen molar-refractivity contribution >= 4 is 29.9 Å². The van der Waals surface area contributed by atoms with Gasteiger partial charge < -0.3 is 20.1 Å². The van der Waals surface area contributed by atoms with Gasteiger partial charge in [0.05, 0.1) is 6.54 Å². The van der Waals surface area contributed by atoms with Crippen molar-refractivity contribution in [2.24, 2.45) is 4.99 Å². The van der Waals surface area contributed by atoms with Gasteiger partial charge in [0.15, 0.2) is 11.8 Å².